The summed E-state index contributed by atoms with van der Waals surface area (Å²) < 4.78 is 5.39. The molecule has 0 amide bonds. The van der Waals surface area contributed by atoms with Crippen LogP contribution in [0.5, 0.6) is 5.88 Å². The Morgan fingerprint density at radius 1 is 1.47 bits per heavy atom. The first-order chi connectivity index (χ1) is 7.97. The summed E-state index contributed by atoms with van der Waals surface area (Å²) in [6.07, 6.45) is 3.10. The van der Waals surface area contributed by atoms with E-state index in [4.69, 9.17) is 9.84 Å². The number of carboxylic acids is 1. The van der Waals surface area contributed by atoms with Gasteiger partial charge >= 0.3 is 5.97 Å². The van der Waals surface area contributed by atoms with Gasteiger partial charge in [0.25, 0.3) is 0 Å². The quantitative estimate of drug-likeness (QED) is 0.783. The highest BCUT2D eigenvalue weighted by Gasteiger charge is 2.09. The molecule has 0 aliphatic carbocycles. The van der Waals surface area contributed by atoms with Crippen molar-refractivity contribution in [2.75, 3.05) is 5.32 Å². The predicted molar refractivity (Wildman–Crippen MR) is 63.1 cm³/mol. The number of nitrogens with one attached hydrogen (secondary N) is 1. The van der Waals surface area contributed by atoms with Gasteiger partial charge in [0.15, 0.2) is 0 Å². The lowest BCUT2D eigenvalue weighted by molar-refractivity contribution is -0.137. The summed E-state index contributed by atoms with van der Waals surface area (Å²) in [6, 6.07) is -0.212. The third kappa shape index (κ3) is 5.14. The molecule has 0 spiro atoms. The molecule has 1 aromatic heterocycles. The first kappa shape index (κ1) is 13.2. The standard InChI is InChI=1S/C11H17N3O3/c1-7(2)17-10-6-12-5-9(14-10)13-8(3)4-11(15)16/h5-8H,4H2,1-3H3,(H,13,14)(H,15,16). The molecule has 2 N–H and O–H groups in total. The maximum Gasteiger partial charge on any atom is 0.305 e. The molecule has 0 aromatic carbocycles. The number of carboxylic acid groups (broad SMARTS) is 1. The zero-order valence-electron chi connectivity index (χ0n) is 10.2. The Bertz CT molecular complexity index is 382. The molecule has 0 bridgehead atoms. The number of ether oxygens (including phenoxy) is 1. The number of carbonyl (C=O) groups is 1. The summed E-state index contributed by atoms with van der Waals surface area (Å²) >= 11 is 0. The van der Waals surface area contributed by atoms with Gasteiger partial charge in [-0.25, -0.2) is 0 Å². The van der Waals surface area contributed by atoms with Gasteiger partial charge in [0, 0.05) is 6.04 Å². The molecule has 0 saturated heterocycles. The average molecular weight is 239 g/mol. The molecule has 0 fully saturated rings. The van der Waals surface area contributed by atoms with Gasteiger partial charge in [-0.2, -0.15) is 4.98 Å². The van der Waals surface area contributed by atoms with Gasteiger partial charge in [-0.05, 0) is 20.8 Å². The number of rotatable bonds is 6. The van der Waals surface area contributed by atoms with Crippen LogP contribution in [0.25, 0.3) is 0 Å². The van der Waals surface area contributed by atoms with Gasteiger partial charge in [-0.3, -0.25) is 9.78 Å². The summed E-state index contributed by atoms with van der Waals surface area (Å²) in [5.74, 6) is 0.0805. The first-order valence-corrected chi connectivity index (χ1v) is 5.44. The van der Waals surface area contributed by atoms with E-state index in [2.05, 4.69) is 15.3 Å². The lowest BCUT2D eigenvalue weighted by atomic mass is 10.2. The highest BCUT2D eigenvalue weighted by Crippen LogP contribution is 2.12. The van der Waals surface area contributed by atoms with Crippen LogP contribution in [0.4, 0.5) is 5.82 Å². The van der Waals surface area contributed by atoms with Crippen molar-refractivity contribution in [3.05, 3.63) is 12.4 Å². The predicted octanol–water partition coefficient (Wildman–Crippen LogP) is 1.54. The Balaban J connectivity index is 2.62. The van der Waals surface area contributed by atoms with E-state index >= 15 is 0 Å². The Labute approximate surface area is 100 Å². The molecule has 0 aliphatic heterocycles. The molecule has 0 radical (unpaired) electrons. The number of hydrogen-bond acceptors (Lipinski definition) is 5. The molecule has 1 heterocycles. The third-order valence-corrected chi connectivity index (χ3v) is 1.84. The molecule has 6 heteroatoms. The van der Waals surface area contributed by atoms with Gasteiger partial charge in [0.1, 0.15) is 5.82 Å². The minimum Gasteiger partial charge on any atom is -0.481 e. The van der Waals surface area contributed by atoms with Crippen molar-refractivity contribution in [1.29, 1.82) is 0 Å². The molecule has 17 heavy (non-hydrogen) atoms. The smallest absolute Gasteiger partial charge is 0.305 e. The monoisotopic (exact) mass is 239 g/mol. The van der Waals surface area contributed by atoms with Crippen LogP contribution in [0.1, 0.15) is 27.2 Å². The molecule has 1 aromatic rings. The van der Waals surface area contributed by atoms with Crippen LogP contribution in [0.2, 0.25) is 0 Å². The Morgan fingerprint density at radius 3 is 2.76 bits per heavy atom. The molecule has 0 aliphatic rings. The fraction of sp³-hybridized carbons (Fsp3) is 0.545. The summed E-state index contributed by atoms with van der Waals surface area (Å²) in [4.78, 5) is 18.7. The van der Waals surface area contributed by atoms with Gasteiger partial charge < -0.3 is 15.2 Å². The van der Waals surface area contributed by atoms with Crippen LogP contribution in [-0.4, -0.2) is 33.2 Å². The van der Waals surface area contributed by atoms with Crippen molar-refractivity contribution < 1.29 is 14.6 Å². The molecule has 1 atom stereocenters. The van der Waals surface area contributed by atoms with Crippen LogP contribution in [-0.2, 0) is 4.79 Å². The number of aliphatic carboxylic acids is 1. The topological polar surface area (TPSA) is 84.3 Å². The van der Waals surface area contributed by atoms with Gasteiger partial charge in [0.05, 0.1) is 24.9 Å². The molecular formula is C11H17N3O3. The van der Waals surface area contributed by atoms with E-state index in [-0.39, 0.29) is 18.6 Å². The van der Waals surface area contributed by atoms with Crippen molar-refractivity contribution in [3.8, 4) is 5.88 Å². The fourth-order valence-corrected chi connectivity index (χ4v) is 1.28. The van der Waals surface area contributed by atoms with E-state index in [1.165, 1.54) is 12.4 Å². The number of nitrogens with zero attached hydrogens (tertiary/aromatic N) is 2. The minimum atomic E-state index is -0.854. The third-order valence-electron chi connectivity index (χ3n) is 1.84. The van der Waals surface area contributed by atoms with E-state index in [0.717, 1.165) is 0 Å². The Kier molecular flexibility index (Phi) is 4.68. The maximum atomic E-state index is 10.5. The molecule has 94 valence electrons. The minimum absolute atomic E-state index is 0.0241. The van der Waals surface area contributed by atoms with E-state index in [1.807, 2.05) is 13.8 Å². The van der Waals surface area contributed by atoms with Crippen LogP contribution < -0.4 is 10.1 Å². The zero-order chi connectivity index (χ0) is 12.8. The van der Waals surface area contributed by atoms with Gasteiger partial charge in [-0.1, -0.05) is 0 Å². The normalized spacial score (nSPS) is 12.2. The maximum absolute atomic E-state index is 10.5. The zero-order valence-corrected chi connectivity index (χ0v) is 10.2. The Hall–Kier alpha value is -1.85. The molecule has 0 saturated carbocycles. The van der Waals surface area contributed by atoms with Crippen LogP contribution in [0, 0.1) is 0 Å². The highest BCUT2D eigenvalue weighted by molar-refractivity contribution is 5.68. The molecule has 6 nitrogen and oxygen atoms in total. The summed E-state index contributed by atoms with van der Waals surface area (Å²) in [5.41, 5.74) is 0. The first-order valence-electron chi connectivity index (χ1n) is 5.44. The second-order valence-corrected chi connectivity index (χ2v) is 4.05. The van der Waals surface area contributed by atoms with Crippen LogP contribution in [0.15, 0.2) is 12.4 Å². The SMILES string of the molecule is CC(CC(=O)O)Nc1cncc(OC(C)C)n1. The van der Waals surface area contributed by atoms with E-state index in [9.17, 15) is 4.79 Å². The highest BCUT2D eigenvalue weighted by atomic mass is 16.5. The van der Waals surface area contributed by atoms with Crippen molar-refractivity contribution >= 4 is 11.8 Å². The van der Waals surface area contributed by atoms with E-state index in [0.29, 0.717) is 11.7 Å². The largest absolute Gasteiger partial charge is 0.481 e. The van der Waals surface area contributed by atoms with Crippen molar-refractivity contribution in [3.63, 3.8) is 0 Å². The van der Waals surface area contributed by atoms with Gasteiger partial charge in [-0.15, -0.1) is 0 Å². The molecular weight excluding hydrogens is 222 g/mol. The number of aromatic nitrogens is 2. The van der Waals surface area contributed by atoms with Gasteiger partial charge in [0.2, 0.25) is 5.88 Å². The van der Waals surface area contributed by atoms with Crippen LogP contribution in [0.3, 0.4) is 0 Å². The number of hydrogen-bond donors (Lipinski definition) is 2. The second-order valence-electron chi connectivity index (χ2n) is 4.05. The van der Waals surface area contributed by atoms with Crippen molar-refractivity contribution in [1.82, 2.24) is 9.97 Å². The second kappa shape index (κ2) is 6.03. The average Bonchev–Trinajstić information content (AvgIpc) is 2.14. The van der Waals surface area contributed by atoms with Crippen molar-refractivity contribution in [2.45, 2.75) is 39.3 Å². The van der Waals surface area contributed by atoms with E-state index < -0.39 is 5.97 Å². The fourth-order valence-electron chi connectivity index (χ4n) is 1.28. The lowest BCUT2D eigenvalue weighted by Crippen LogP contribution is -2.20. The summed E-state index contributed by atoms with van der Waals surface area (Å²) in [6.45, 7) is 5.56. The van der Waals surface area contributed by atoms with Crippen molar-refractivity contribution in [2.24, 2.45) is 0 Å². The molecule has 1 rings (SSSR count). The Morgan fingerprint density at radius 2 is 2.18 bits per heavy atom. The molecule has 1 unspecified atom stereocenters. The van der Waals surface area contributed by atoms with Crippen LogP contribution >= 0.6 is 0 Å². The summed E-state index contributed by atoms with van der Waals surface area (Å²) in [7, 11) is 0. The lowest BCUT2D eigenvalue weighted by Gasteiger charge is -2.13. The van der Waals surface area contributed by atoms with E-state index in [1.54, 1.807) is 6.92 Å². The number of anilines is 1. The summed E-state index contributed by atoms with van der Waals surface area (Å²) in [5, 5.41) is 11.6.